The molecule has 0 unspecified atom stereocenters. The molecule has 28 heavy (non-hydrogen) atoms. The predicted molar refractivity (Wildman–Crippen MR) is 112 cm³/mol. The first-order valence-electron chi connectivity index (χ1n) is 9.76. The number of nitrogens with one attached hydrogen (secondary N) is 1. The van der Waals surface area contributed by atoms with Crippen molar-refractivity contribution in [1.29, 1.82) is 0 Å². The number of ketones is 1. The molecule has 3 aromatic rings. The van der Waals surface area contributed by atoms with Gasteiger partial charge in [-0.15, -0.1) is 0 Å². The lowest BCUT2D eigenvalue weighted by molar-refractivity contribution is -0.130. The third-order valence-electron chi connectivity index (χ3n) is 5.44. The van der Waals surface area contributed by atoms with Crippen LogP contribution in [0.3, 0.4) is 0 Å². The second kappa shape index (κ2) is 7.85. The van der Waals surface area contributed by atoms with Gasteiger partial charge in [0, 0.05) is 48.1 Å². The number of fused-ring (bicyclic) bond motifs is 1. The Bertz CT molecular complexity index is 1050. The topological polar surface area (TPSA) is 53.2 Å². The van der Waals surface area contributed by atoms with Crippen molar-refractivity contribution >= 4 is 28.2 Å². The minimum atomic E-state index is 0.0285. The van der Waals surface area contributed by atoms with E-state index in [-0.39, 0.29) is 24.5 Å². The van der Waals surface area contributed by atoms with Gasteiger partial charge in [0.05, 0.1) is 0 Å². The fourth-order valence-electron chi connectivity index (χ4n) is 3.95. The summed E-state index contributed by atoms with van der Waals surface area (Å²) in [4.78, 5) is 30.5. The number of Topliss-reactive ketones (excluding diaryl/α,β-unsaturated/α-hetero) is 1. The van der Waals surface area contributed by atoms with Gasteiger partial charge in [-0.25, -0.2) is 0 Å². The number of hydrogen-bond donors (Lipinski definition) is 1. The largest absolute Gasteiger partial charge is 0.358 e. The lowest BCUT2D eigenvalue weighted by Gasteiger charge is -2.26. The van der Waals surface area contributed by atoms with Crippen molar-refractivity contribution in [1.82, 2.24) is 9.88 Å². The Morgan fingerprint density at radius 1 is 1.00 bits per heavy atom. The zero-order valence-electron chi connectivity index (χ0n) is 16.1. The second-order valence-electron chi connectivity index (χ2n) is 7.28. The van der Waals surface area contributed by atoms with E-state index in [0.29, 0.717) is 18.7 Å². The second-order valence-corrected chi connectivity index (χ2v) is 7.28. The monoisotopic (exact) mass is 372 g/mol. The predicted octanol–water partition coefficient (Wildman–Crippen LogP) is 4.76. The van der Waals surface area contributed by atoms with Gasteiger partial charge in [-0.1, -0.05) is 54.6 Å². The van der Waals surface area contributed by atoms with Gasteiger partial charge in [0.25, 0.3) is 0 Å². The first-order valence-corrected chi connectivity index (χ1v) is 9.76. The molecule has 0 aliphatic carbocycles. The summed E-state index contributed by atoms with van der Waals surface area (Å²) in [6.07, 6.45) is 3.48. The summed E-state index contributed by atoms with van der Waals surface area (Å²) in [6, 6.07) is 18.1. The summed E-state index contributed by atoms with van der Waals surface area (Å²) in [5, 5.41) is 0.936. The van der Waals surface area contributed by atoms with Crippen LogP contribution in [0, 0.1) is 6.92 Å². The number of carbonyl (C=O) groups is 2. The van der Waals surface area contributed by atoms with Crippen LogP contribution in [0.4, 0.5) is 0 Å². The summed E-state index contributed by atoms with van der Waals surface area (Å²) in [5.41, 5.74) is 5.05. The molecular formula is C24H24N2O2. The molecule has 1 N–H and O–H groups in total. The zero-order valence-corrected chi connectivity index (χ0v) is 16.1. The van der Waals surface area contributed by atoms with Crippen molar-refractivity contribution in [2.75, 3.05) is 13.1 Å². The van der Waals surface area contributed by atoms with E-state index in [9.17, 15) is 9.59 Å². The lowest BCUT2D eigenvalue weighted by Crippen LogP contribution is -2.34. The van der Waals surface area contributed by atoms with E-state index >= 15 is 0 Å². The van der Waals surface area contributed by atoms with Crippen molar-refractivity contribution in [2.24, 2.45) is 0 Å². The number of H-pyrrole nitrogens is 1. The summed E-state index contributed by atoms with van der Waals surface area (Å²) >= 11 is 0. The average Bonchev–Trinajstić information content (AvgIpc) is 3.08. The number of nitrogens with zero attached hydrogens (tertiary/aromatic N) is 1. The van der Waals surface area contributed by atoms with Crippen LogP contribution in [0.15, 0.2) is 60.7 Å². The molecule has 2 aromatic carbocycles. The van der Waals surface area contributed by atoms with Crippen LogP contribution in [0.1, 0.15) is 40.9 Å². The quantitative estimate of drug-likeness (QED) is 0.657. The molecule has 1 aliphatic rings. The van der Waals surface area contributed by atoms with Crippen molar-refractivity contribution in [3.8, 4) is 0 Å². The van der Waals surface area contributed by atoms with Crippen molar-refractivity contribution in [2.45, 2.75) is 26.2 Å². The first kappa shape index (κ1) is 18.2. The van der Waals surface area contributed by atoms with E-state index in [1.807, 2.05) is 54.3 Å². The Labute approximate surface area is 164 Å². The number of aryl methyl sites for hydroxylation is 1. The standard InChI is InChI=1S/C24H24N2O2/c1-17-24(20-9-5-6-10-21(20)25-17)22(27)11-12-23(28)26-15-13-19(14-16-26)18-7-3-2-4-8-18/h2-10,13,25H,11-12,14-16H2,1H3. The Hall–Kier alpha value is -3.14. The lowest BCUT2D eigenvalue weighted by atomic mass is 9.99. The Morgan fingerprint density at radius 3 is 2.50 bits per heavy atom. The van der Waals surface area contributed by atoms with Crippen molar-refractivity contribution in [3.63, 3.8) is 0 Å². The summed E-state index contributed by atoms with van der Waals surface area (Å²) in [7, 11) is 0. The SMILES string of the molecule is Cc1[nH]c2ccccc2c1C(=O)CCC(=O)N1CC=C(c2ccccc2)CC1. The zero-order chi connectivity index (χ0) is 19.5. The van der Waals surface area contributed by atoms with Gasteiger partial charge in [-0.05, 0) is 30.5 Å². The third kappa shape index (κ3) is 3.63. The highest BCUT2D eigenvalue weighted by atomic mass is 16.2. The molecule has 1 aromatic heterocycles. The highest BCUT2D eigenvalue weighted by Gasteiger charge is 2.21. The molecule has 1 aliphatic heterocycles. The summed E-state index contributed by atoms with van der Waals surface area (Å²) in [6.45, 7) is 3.23. The maximum Gasteiger partial charge on any atom is 0.223 e. The van der Waals surface area contributed by atoms with Crippen LogP contribution < -0.4 is 0 Å². The molecule has 0 saturated heterocycles. The van der Waals surface area contributed by atoms with Crippen LogP contribution in [0.25, 0.3) is 16.5 Å². The number of amides is 1. The van der Waals surface area contributed by atoms with Gasteiger partial charge in [0.2, 0.25) is 5.91 Å². The van der Waals surface area contributed by atoms with Crippen molar-refractivity contribution in [3.05, 3.63) is 77.5 Å². The van der Waals surface area contributed by atoms with Crippen molar-refractivity contribution < 1.29 is 9.59 Å². The molecule has 4 nitrogen and oxygen atoms in total. The summed E-state index contributed by atoms with van der Waals surface area (Å²) < 4.78 is 0. The van der Waals surface area contributed by atoms with Gasteiger partial charge in [0.15, 0.2) is 5.78 Å². The Kier molecular flexibility index (Phi) is 5.11. The van der Waals surface area contributed by atoms with E-state index in [4.69, 9.17) is 0 Å². The molecule has 0 bridgehead atoms. The fraction of sp³-hybridized carbons (Fsp3) is 0.250. The number of aromatic amines is 1. The van der Waals surface area contributed by atoms with E-state index in [1.165, 1.54) is 11.1 Å². The fourth-order valence-corrected chi connectivity index (χ4v) is 3.95. The van der Waals surface area contributed by atoms with Gasteiger partial charge < -0.3 is 9.88 Å². The van der Waals surface area contributed by atoms with Crippen LogP contribution in [0.5, 0.6) is 0 Å². The number of aromatic nitrogens is 1. The molecule has 0 fully saturated rings. The molecule has 4 heteroatoms. The molecule has 2 heterocycles. The van der Waals surface area contributed by atoms with E-state index in [0.717, 1.165) is 23.0 Å². The van der Waals surface area contributed by atoms with Gasteiger partial charge in [-0.3, -0.25) is 9.59 Å². The maximum atomic E-state index is 12.8. The van der Waals surface area contributed by atoms with E-state index in [1.54, 1.807) is 0 Å². The maximum absolute atomic E-state index is 12.8. The van der Waals surface area contributed by atoms with Crippen LogP contribution in [-0.2, 0) is 4.79 Å². The molecular weight excluding hydrogens is 348 g/mol. The minimum Gasteiger partial charge on any atom is -0.358 e. The Morgan fingerprint density at radius 2 is 1.75 bits per heavy atom. The van der Waals surface area contributed by atoms with Gasteiger partial charge in [-0.2, -0.15) is 0 Å². The normalized spacial score (nSPS) is 14.2. The average molecular weight is 372 g/mol. The number of hydrogen-bond acceptors (Lipinski definition) is 2. The molecule has 142 valence electrons. The molecule has 0 spiro atoms. The molecule has 0 saturated carbocycles. The number of benzene rings is 2. The van der Waals surface area contributed by atoms with Crippen LogP contribution >= 0.6 is 0 Å². The third-order valence-corrected chi connectivity index (χ3v) is 5.44. The number of para-hydroxylation sites is 1. The number of carbonyl (C=O) groups excluding carboxylic acids is 2. The summed E-state index contributed by atoms with van der Waals surface area (Å²) in [5.74, 6) is 0.0787. The smallest absolute Gasteiger partial charge is 0.223 e. The molecule has 0 radical (unpaired) electrons. The first-order chi connectivity index (χ1) is 13.6. The van der Waals surface area contributed by atoms with Gasteiger partial charge >= 0.3 is 0 Å². The van der Waals surface area contributed by atoms with Gasteiger partial charge in [0.1, 0.15) is 0 Å². The molecule has 4 rings (SSSR count). The van der Waals surface area contributed by atoms with Crippen LogP contribution in [-0.4, -0.2) is 34.7 Å². The van der Waals surface area contributed by atoms with E-state index < -0.39 is 0 Å². The molecule has 1 amide bonds. The Balaban J connectivity index is 1.38. The highest BCUT2D eigenvalue weighted by molar-refractivity contribution is 6.09. The number of rotatable bonds is 5. The van der Waals surface area contributed by atoms with E-state index in [2.05, 4.69) is 23.2 Å². The van der Waals surface area contributed by atoms with Crippen LogP contribution in [0.2, 0.25) is 0 Å². The highest BCUT2D eigenvalue weighted by Crippen LogP contribution is 2.25. The molecule has 0 atom stereocenters. The minimum absolute atomic E-state index is 0.0285.